The van der Waals surface area contributed by atoms with E-state index in [0.717, 1.165) is 4.90 Å². The first kappa shape index (κ1) is 17.6. The molecule has 8 nitrogen and oxygen atoms in total. The minimum absolute atomic E-state index is 0.149. The molecule has 0 N–H and O–H groups in total. The van der Waals surface area contributed by atoms with Crippen LogP contribution in [0.3, 0.4) is 0 Å². The maximum Gasteiger partial charge on any atom is 0.261 e. The van der Waals surface area contributed by atoms with Gasteiger partial charge < -0.3 is 9.47 Å². The van der Waals surface area contributed by atoms with Crippen molar-refractivity contribution < 1.29 is 27.5 Å². The van der Waals surface area contributed by atoms with Gasteiger partial charge in [0.2, 0.25) is 10.0 Å². The highest BCUT2D eigenvalue weighted by atomic mass is 32.2. The number of nitrogens with zero attached hydrogens (tertiary/aromatic N) is 2. The fourth-order valence-corrected chi connectivity index (χ4v) is 5.08. The molecule has 3 aliphatic rings. The van der Waals surface area contributed by atoms with Crippen molar-refractivity contribution in [3.05, 3.63) is 35.4 Å². The summed E-state index contributed by atoms with van der Waals surface area (Å²) < 4.78 is 37.9. The number of ether oxygens (including phenoxy) is 2. The molecule has 0 aliphatic carbocycles. The molecule has 3 heterocycles. The van der Waals surface area contributed by atoms with Gasteiger partial charge in [-0.1, -0.05) is 12.1 Å². The Kier molecular flexibility index (Phi) is 4.34. The van der Waals surface area contributed by atoms with Crippen LogP contribution in [0.2, 0.25) is 0 Å². The number of rotatable bonds is 4. The van der Waals surface area contributed by atoms with E-state index in [1.54, 1.807) is 24.3 Å². The average Bonchev–Trinajstić information content (AvgIpc) is 3.18. The molecule has 3 aliphatic heterocycles. The third kappa shape index (κ3) is 2.94. The van der Waals surface area contributed by atoms with Crippen LogP contribution in [0, 0.1) is 0 Å². The molecule has 1 aromatic carbocycles. The Labute approximate surface area is 151 Å². The van der Waals surface area contributed by atoms with E-state index in [1.807, 2.05) is 0 Å². The van der Waals surface area contributed by atoms with E-state index >= 15 is 0 Å². The molecule has 4 rings (SSSR count). The molecule has 0 atom stereocenters. The van der Waals surface area contributed by atoms with Crippen LogP contribution in [0.4, 0.5) is 0 Å². The summed E-state index contributed by atoms with van der Waals surface area (Å²) in [6.45, 7) is 1.54. The second-order valence-corrected chi connectivity index (χ2v) is 8.72. The Bertz CT molecular complexity index is 802. The lowest BCUT2D eigenvalue weighted by atomic mass is 10.1. The predicted molar refractivity (Wildman–Crippen MR) is 91.0 cm³/mol. The van der Waals surface area contributed by atoms with Crippen LogP contribution in [-0.4, -0.2) is 73.8 Å². The summed E-state index contributed by atoms with van der Waals surface area (Å²) in [5.41, 5.74) is 0.649. The fraction of sp³-hybridized carbons (Fsp3) is 0.529. The topological polar surface area (TPSA) is 93.2 Å². The molecule has 2 amide bonds. The Morgan fingerprint density at radius 1 is 0.962 bits per heavy atom. The molecule has 26 heavy (non-hydrogen) atoms. The second-order valence-electron chi connectivity index (χ2n) is 6.63. The van der Waals surface area contributed by atoms with Gasteiger partial charge in [0.1, 0.15) is 0 Å². The van der Waals surface area contributed by atoms with Crippen LogP contribution < -0.4 is 0 Å². The van der Waals surface area contributed by atoms with Crippen molar-refractivity contribution in [1.82, 2.24) is 9.21 Å². The smallest absolute Gasteiger partial charge is 0.261 e. The number of fused-ring (bicyclic) bond motifs is 1. The maximum absolute atomic E-state index is 12.6. The maximum atomic E-state index is 12.6. The van der Waals surface area contributed by atoms with Gasteiger partial charge in [-0.05, 0) is 12.1 Å². The van der Waals surface area contributed by atoms with Crippen LogP contribution in [0.1, 0.15) is 33.6 Å². The minimum Gasteiger partial charge on any atom is -0.347 e. The van der Waals surface area contributed by atoms with E-state index in [1.165, 1.54) is 4.31 Å². The molecule has 0 aromatic heterocycles. The van der Waals surface area contributed by atoms with Gasteiger partial charge in [0.25, 0.3) is 11.8 Å². The van der Waals surface area contributed by atoms with Crippen molar-refractivity contribution in [3.8, 4) is 0 Å². The van der Waals surface area contributed by atoms with Gasteiger partial charge in [0.05, 0.1) is 30.1 Å². The van der Waals surface area contributed by atoms with E-state index in [9.17, 15) is 18.0 Å². The zero-order valence-corrected chi connectivity index (χ0v) is 15.0. The van der Waals surface area contributed by atoms with E-state index in [2.05, 4.69) is 0 Å². The quantitative estimate of drug-likeness (QED) is 0.704. The Morgan fingerprint density at radius 2 is 1.50 bits per heavy atom. The summed E-state index contributed by atoms with van der Waals surface area (Å²) in [6.07, 6.45) is 0.971. The predicted octanol–water partition coefficient (Wildman–Crippen LogP) is 0.451. The number of amides is 2. The second kappa shape index (κ2) is 6.41. The summed E-state index contributed by atoms with van der Waals surface area (Å²) in [5, 5.41) is 0. The molecule has 0 radical (unpaired) electrons. The molecule has 0 bridgehead atoms. The van der Waals surface area contributed by atoms with Gasteiger partial charge in [0, 0.05) is 32.5 Å². The Morgan fingerprint density at radius 3 is 2.04 bits per heavy atom. The van der Waals surface area contributed by atoms with Crippen molar-refractivity contribution in [2.24, 2.45) is 0 Å². The zero-order chi connectivity index (χ0) is 18.4. The van der Waals surface area contributed by atoms with E-state index in [-0.39, 0.29) is 12.3 Å². The number of carbonyl (C=O) groups excluding carboxylic acids is 2. The molecule has 0 unspecified atom stereocenters. The lowest BCUT2D eigenvalue weighted by molar-refractivity contribution is -0.179. The third-order valence-electron chi connectivity index (χ3n) is 5.14. The van der Waals surface area contributed by atoms with Gasteiger partial charge >= 0.3 is 0 Å². The summed E-state index contributed by atoms with van der Waals surface area (Å²) in [5.74, 6) is -1.81. The lowest BCUT2D eigenvalue weighted by Gasteiger charge is -2.37. The van der Waals surface area contributed by atoms with Gasteiger partial charge in [0.15, 0.2) is 5.79 Å². The van der Waals surface area contributed by atoms with Crippen LogP contribution in [0.25, 0.3) is 0 Å². The lowest BCUT2D eigenvalue weighted by Crippen LogP contribution is -2.49. The van der Waals surface area contributed by atoms with Crippen LogP contribution >= 0.6 is 0 Å². The highest BCUT2D eigenvalue weighted by Crippen LogP contribution is 2.32. The molecule has 1 spiro atoms. The van der Waals surface area contributed by atoms with Gasteiger partial charge in [-0.25, -0.2) is 12.7 Å². The van der Waals surface area contributed by atoms with Crippen molar-refractivity contribution in [3.63, 3.8) is 0 Å². The summed E-state index contributed by atoms with van der Waals surface area (Å²) in [4.78, 5) is 25.7. The van der Waals surface area contributed by atoms with Crippen LogP contribution in [0.15, 0.2) is 24.3 Å². The normalized spacial score (nSPS) is 23.0. The standard InChI is InChI=1S/C17H20N2O6S/c20-15-13-3-1-2-4-14(13)16(21)19(15)9-12-26(22,23)18-7-5-17(6-8-18)24-10-11-25-17/h1-4H,5-12H2. The van der Waals surface area contributed by atoms with Crippen LogP contribution in [0.5, 0.6) is 0 Å². The molecule has 0 saturated carbocycles. The first-order chi connectivity index (χ1) is 12.4. The number of benzene rings is 1. The van der Waals surface area contributed by atoms with Gasteiger partial charge in [-0.2, -0.15) is 0 Å². The van der Waals surface area contributed by atoms with E-state index in [4.69, 9.17) is 9.47 Å². The third-order valence-corrected chi connectivity index (χ3v) is 6.99. The number of hydrogen-bond acceptors (Lipinski definition) is 6. The average molecular weight is 380 g/mol. The molecular weight excluding hydrogens is 360 g/mol. The highest BCUT2D eigenvalue weighted by molar-refractivity contribution is 7.89. The summed E-state index contributed by atoms with van der Waals surface area (Å²) in [7, 11) is -3.58. The van der Waals surface area contributed by atoms with Crippen molar-refractivity contribution in [2.75, 3.05) is 38.6 Å². The van der Waals surface area contributed by atoms with Crippen LogP contribution in [-0.2, 0) is 19.5 Å². The van der Waals surface area contributed by atoms with Crippen molar-refractivity contribution in [2.45, 2.75) is 18.6 Å². The van der Waals surface area contributed by atoms with Gasteiger partial charge in [-0.15, -0.1) is 0 Å². The molecule has 2 saturated heterocycles. The van der Waals surface area contributed by atoms with E-state index in [0.29, 0.717) is 50.3 Å². The number of sulfonamides is 1. The van der Waals surface area contributed by atoms with Crippen molar-refractivity contribution >= 4 is 21.8 Å². The minimum atomic E-state index is -3.58. The fourth-order valence-electron chi connectivity index (χ4n) is 3.67. The molecule has 9 heteroatoms. The largest absolute Gasteiger partial charge is 0.347 e. The Hall–Kier alpha value is -1.81. The molecule has 2 fully saturated rings. The highest BCUT2D eigenvalue weighted by Gasteiger charge is 2.43. The summed E-state index contributed by atoms with van der Waals surface area (Å²) in [6, 6.07) is 6.52. The van der Waals surface area contributed by atoms with Gasteiger partial charge in [-0.3, -0.25) is 14.5 Å². The van der Waals surface area contributed by atoms with Crippen molar-refractivity contribution in [1.29, 1.82) is 0 Å². The zero-order valence-electron chi connectivity index (χ0n) is 14.2. The first-order valence-electron chi connectivity index (χ1n) is 8.63. The molecule has 140 valence electrons. The molecular formula is C17H20N2O6S. The SMILES string of the molecule is O=C1c2ccccc2C(=O)N1CCS(=O)(=O)N1CCC2(CC1)OCCO2. The first-order valence-corrected chi connectivity index (χ1v) is 10.2. The summed E-state index contributed by atoms with van der Waals surface area (Å²) >= 11 is 0. The van der Waals surface area contributed by atoms with E-state index < -0.39 is 27.6 Å². The number of hydrogen-bond donors (Lipinski definition) is 0. The number of piperidine rings is 1. The monoisotopic (exact) mass is 380 g/mol. The number of imide groups is 1. The molecule has 1 aromatic rings. The number of carbonyl (C=O) groups is 2. The Balaban J connectivity index is 1.39.